The second-order valence-electron chi connectivity index (χ2n) is 11.3. The van der Waals surface area contributed by atoms with Crippen molar-refractivity contribution in [1.29, 1.82) is 0 Å². The Hall–Kier alpha value is -0.610. The van der Waals surface area contributed by atoms with Crippen LogP contribution in [0, 0.1) is 46.3 Å². The van der Waals surface area contributed by atoms with Gasteiger partial charge in [-0.25, -0.2) is 0 Å². The summed E-state index contributed by atoms with van der Waals surface area (Å²) in [5.74, 6) is 2.55. The van der Waals surface area contributed by atoms with Gasteiger partial charge in [0.2, 0.25) is 0 Å². The van der Waals surface area contributed by atoms with Crippen LogP contribution in [0.4, 0.5) is 0 Å². The van der Waals surface area contributed by atoms with Gasteiger partial charge in [0.05, 0.1) is 12.2 Å². The fourth-order valence-electron chi connectivity index (χ4n) is 8.71. The summed E-state index contributed by atoms with van der Waals surface area (Å²) in [6.45, 7) is 6.99. The quantitative estimate of drug-likeness (QED) is 0.659. The van der Waals surface area contributed by atoms with Crippen molar-refractivity contribution in [2.45, 2.75) is 97.2 Å². The highest BCUT2D eigenvalue weighted by molar-refractivity contribution is 5.66. The summed E-state index contributed by atoms with van der Waals surface area (Å²) in [5, 5.41) is 30.8. The van der Waals surface area contributed by atoms with E-state index in [1.54, 1.807) is 0 Å². The van der Waals surface area contributed by atoms with Crippen LogP contribution in [0.3, 0.4) is 0 Å². The van der Waals surface area contributed by atoms with E-state index in [1.165, 1.54) is 19.3 Å². The molecule has 0 aliphatic heterocycles. The van der Waals surface area contributed by atoms with Gasteiger partial charge in [-0.15, -0.1) is 0 Å². The zero-order valence-electron chi connectivity index (χ0n) is 17.9. The Labute approximate surface area is 170 Å². The lowest BCUT2D eigenvalue weighted by molar-refractivity contribution is -0.175. The van der Waals surface area contributed by atoms with Gasteiger partial charge in [-0.2, -0.15) is 0 Å². The van der Waals surface area contributed by atoms with Crippen LogP contribution in [0.5, 0.6) is 0 Å². The van der Waals surface area contributed by atoms with E-state index in [9.17, 15) is 15.0 Å². The molecule has 0 unspecified atom stereocenters. The normalized spacial score (nSPS) is 51.7. The van der Waals surface area contributed by atoms with E-state index in [4.69, 9.17) is 5.11 Å². The first kappa shape index (κ1) is 20.7. The van der Waals surface area contributed by atoms with E-state index < -0.39 is 5.97 Å². The van der Waals surface area contributed by atoms with E-state index in [2.05, 4.69) is 20.8 Å². The van der Waals surface area contributed by atoms with E-state index >= 15 is 0 Å². The van der Waals surface area contributed by atoms with E-state index in [-0.39, 0.29) is 29.5 Å². The van der Waals surface area contributed by atoms with Crippen molar-refractivity contribution in [1.82, 2.24) is 0 Å². The van der Waals surface area contributed by atoms with Crippen LogP contribution in [-0.4, -0.2) is 33.5 Å². The van der Waals surface area contributed by atoms with Crippen molar-refractivity contribution in [3.63, 3.8) is 0 Å². The van der Waals surface area contributed by atoms with Gasteiger partial charge in [-0.3, -0.25) is 4.79 Å². The number of aliphatic hydroxyl groups excluding tert-OH is 2. The molecule has 0 bridgehead atoms. The third-order valence-corrected chi connectivity index (χ3v) is 10.3. The van der Waals surface area contributed by atoms with Crippen LogP contribution < -0.4 is 0 Å². The van der Waals surface area contributed by atoms with Gasteiger partial charge in [0.15, 0.2) is 0 Å². The molecule has 0 aromatic heterocycles. The number of carboxylic acid groups (broad SMARTS) is 1. The molecule has 0 spiro atoms. The van der Waals surface area contributed by atoms with Crippen molar-refractivity contribution in [2.75, 3.05) is 0 Å². The van der Waals surface area contributed by atoms with Gasteiger partial charge < -0.3 is 15.3 Å². The van der Waals surface area contributed by atoms with E-state index in [0.29, 0.717) is 35.5 Å². The van der Waals surface area contributed by atoms with E-state index in [1.807, 2.05) is 0 Å². The summed E-state index contributed by atoms with van der Waals surface area (Å²) in [7, 11) is 0. The summed E-state index contributed by atoms with van der Waals surface area (Å²) in [5.41, 5.74) is 0.216. The van der Waals surface area contributed by atoms with Gasteiger partial charge >= 0.3 is 5.97 Å². The van der Waals surface area contributed by atoms with Crippen molar-refractivity contribution in [2.24, 2.45) is 46.3 Å². The second kappa shape index (κ2) is 7.27. The van der Waals surface area contributed by atoms with Crippen molar-refractivity contribution >= 4 is 5.97 Å². The van der Waals surface area contributed by atoms with Crippen molar-refractivity contribution in [3.8, 4) is 0 Å². The van der Waals surface area contributed by atoms with Gasteiger partial charge in [-0.05, 0) is 104 Å². The molecular weight excluding hydrogens is 352 g/mol. The first-order valence-corrected chi connectivity index (χ1v) is 11.8. The molecule has 0 heterocycles. The highest BCUT2D eigenvalue weighted by atomic mass is 16.4. The van der Waals surface area contributed by atoms with E-state index in [0.717, 1.165) is 38.5 Å². The Kier molecular flexibility index (Phi) is 5.36. The molecule has 4 nitrogen and oxygen atoms in total. The Morgan fingerprint density at radius 2 is 1.79 bits per heavy atom. The van der Waals surface area contributed by atoms with Crippen LogP contribution in [-0.2, 0) is 4.79 Å². The average molecular weight is 393 g/mol. The lowest BCUT2D eigenvalue weighted by Gasteiger charge is -2.62. The maximum atomic E-state index is 11.5. The first-order valence-electron chi connectivity index (χ1n) is 11.8. The molecule has 0 amide bonds. The smallest absolute Gasteiger partial charge is 0.303 e. The van der Waals surface area contributed by atoms with Gasteiger partial charge in [0, 0.05) is 6.42 Å². The lowest BCUT2D eigenvalue weighted by atomic mass is 9.43. The molecule has 4 aliphatic rings. The Morgan fingerprint density at radius 1 is 1.04 bits per heavy atom. The second-order valence-corrected chi connectivity index (χ2v) is 11.3. The fourth-order valence-corrected chi connectivity index (χ4v) is 8.71. The summed E-state index contributed by atoms with van der Waals surface area (Å²) in [4.78, 5) is 11.1. The predicted molar refractivity (Wildman–Crippen MR) is 109 cm³/mol. The molecule has 4 fully saturated rings. The topological polar surface area (TPSA) is 77.8 Å². The summed E-state index contributed by atoms with van der Waals surface area (Å²) >= 11 is 0. The number of carbonyl (C=O) groups is 1. The number of hydrogen-bond acceptors (Lipinski definition) is 3. The highest BCUT2D eigenvalue weighted by Gasteiger charge is 2.63. The number of aliphatic hydroxyl groups is 2. The molecule has 28 heavy (non-hydrogen) atoms. The minimum Gasteiger partial charge on any atom is -0.481 e. The highest BCUT2D eigenvalue weighted by Crippen LogP contribution is 2.68. The number of rotatable bonds is 4. The largest absolute Gasteiger partial charge is 0.481 e. The Bertz CT molecular complexity index is 605. The molecule has 3 N–H and O–H groups in total. The number of hydrogen-bond donors (Lipinski definition) is 3. The summed E-state index contributed by atoms with van der Waals surface area (Å²) in [6, 6.07) is 0. The Morgan fingerprint density at radius 3 is 2.50 bits per heavy atom. The minimum absolute atomic E-state index is 0.0591. The molecule has 10 atom stereocenters. The molecular formula is C24H40O4. The first-order chi connectivity index (χ1) is 13.2. The molecule has 4 saturated carbocycles. The monoisotopic (exact) mass is 392 g/mol. The van der Waals surface area contributed by atoms with Crippen LogP contribution in [0.1, 0.15) is 85.0 Å². The number of carboxylic acids is 1. The molecule has 160 valence electrons. The maximum absolute atomic E-state index is 11.5. The van der Waals surface area contributed by atoms with Crippen molar-refractivity contribution < 1.29 is 20.1 Å². The maximum Gasteiger partial charge on any atom is 0.303 e. The molecule has 0 aromatic carbocycles. The standard InChI is InChI=1S/C24H40O4/c1-14(4-9-22(27)28)18-7-8-19-17-6-5-15-12-16(25)10-11-23(15,2)20(17)13-21(26)24(18,19)3/h14-21,25-26H,4-13H2,1-3H3,(H,27,28)/t14-,15+,16-,17+,18-,19+,20+,21+,23+,24-/m1/s1. The van der Waals surface area contributed by atoms with Crippen LogP contribution in [0.15, 0.2) is 0 Å². The third kappa shape index (κ3) is 3.05. The van der Waals surface area contributed by atoms with Crippen LogP contribution >= 0.6 is 0 Å². The lowest BCUT2D eigenvalue weighted by Crippen LogP contribution is -2.58. The average Bonchev–Trinajstić information content (AvgIpc) is 3.00. The zero-order chi connectivity index (χ0) is 20.3. The SMILES string of the molecule is C[C@H](CCC(=O)O)[C@H]1CC[C@H]2[C@@H]3CC[C@H]4C[C@H](O)CC[C@]4(C)[C@H]3C[C@H](O)[C@]12C. The Balaban J connectivity index is 1.56. The molecule has 4 heteroatoms. The third-order valence-electron chi connectivity index (χ3n) is 10.3. The molecule has 0 aromatic rings. The summed E-state index contributed by atoms with van der Waals surface area (Å²) < 4.78 is 0. The molecule has 0 saturated heterocycles. The number of aliphatic carboxylic acids is 1. The number of fused-ring (bicyclic) bond motifs is 5. The molecule has 0 radical (unpaired) electrons. The predicted octanol–water partition coefficient (Wildman–Crippen LogP) is 4.48. The molecule has 4 rings (SSSR count). The van der Waals surface area contributed by atoms with Crippen LogP contribution in [0.2, 0.25) is 0 Å². The summed E-state index contributed by atoms with van der Waals surface area (Å²) in [6.07, 6.45) is 9.26. The van der Waals surface area contributed by atoms with Gasteiger partial charge in [-0.1, -0.05) is 20.8 Å². The minimum atomic E-state index is -0.707. The van der Waals surface area contributed by atoms with Crippen molar-refractivity contribution in [3.05, 3.63) is 0 Å². The fraction of sp³-hybridized carbons (Fsp3) is 0.958. The van der Waals surface area contributed by atoms with Gasteiger partial charge in [0.1, 0.15) is 0 Å². The zero-order valence-corrected chi connectivity index (χ0v) is 17.9. The van der Waals surface area contributed by atoms with Crippen LogP contribution in [0.25, 0.3) is 0 Å². The molecule has 4 aliphatic carbocycles. The van der Waals surface area contributed by atoms with Gasteiger partial charge in [0.25, 0.3) is 0 Å².